The van der Waals surface area contributed by atoms with Gasteiger partial charge in [-0.1, -0.05) is 0 Å². The van der Waals surface area contributed by atoms with Crippen LogP contribution in [0, 0.1) is 6.92 Å². The number of nitrogens with zero attached hydrogens (tertiary/aromatic N) is 2. The number of hydrogen-bond donors (Lipinski definition) is 0. The molecule has 0 fully saturated rings. The van der Waals surface area contributed by atoms with Gasteiger partial charge in [0, 0.05) is 17.3 Å². The molecule has 0 aliphatic carbocycles. The molecule has 2 aromatic heterocycles. The highest BCUT2D eigenvalue weighted by Crippen LogP contribution is 2.17. The second kappa shape index (κ2) is 3.87. The number of aryl methyl sites for hydroxylation is 1. The van der Waals surface area contributed by atoms with Gasteiger partial charge in [0.1, 0.15) is 5.60 Å². The third-order valence-electron chi connectivity index (χ3n) is 2.30. The van der Waals surface area contributed by atoms with E-state index in [2.05, 4.69) is 4.98 Å². The molecule has 0 atom stereocenters. The summed E-state index contributed by atoms with van der Waals surface area (Å²) in [5.41, 5.74) is 1.20. The fourth-order valence-corrected chi connectivity index (χ4v) is 1.61. The van der Waals surface area contributed by atoms with E-state index in [1.807, 2.05) is 39.8 Å². The summed E-state index contributed by atoms with van der Waals surface area (Å²) >= 11 is 0. The topological polar surface area (TPSA) is 44.1 Å². The molecule has 0 bridgehead atoms. The van der Waals surface area contributed by atoms with E-state index in [4.69, 9.17) is 4.74 Å². The minimum absolute atomic E-state index is 0.377. The van der Waals surface area contributed by atoms with Crippen molar-refractivity contribution in [2.75, 3.05) is 0 Å². The molecule has 17 heavy (non-hydrogen) atoms. The maximum Gasteiger partial charge on any atom is 0.419 e. The van der Waals surface area contributed by atoms with Crippen LogP contribution in [0.2, 0.25) is 0 Å². The van der Waals surface area contributed by atoms with Crippen molar-refractivity contribution in [2.45, 2.75) is 33.3 Å². The Bertz CT molecular complexity index is 564. The summed E-state index contributed by atoms with van der Waals surface area (Å²) in [6, 6.07) is 3.82. The first-order chi connectivity index (χ1) is 7.87. The molecule has 2 heterocycles. The zero-order valence-electron chi connectivity index (χ0n) is 10.5. The summed E-state index contributed by atoms with van der Waals surface area (Å²) in [6.07, 6.45) is 3.02. The number of rotatable bonds is 0. The van der Waals surface area contributed by atoms with Crippen molar-refractivity contribution in [1.82, 2.24) is 9.55 Å². The maximum atomic E-state index is 11.9. The molecule has 0 aliphatic rings. The zero-order valence-corrected chi connectivity index (χ0v) is 10.5. The van der Waals surface area contributed by atoms with Crippen molar-refractivity contribution in [1.29, 1.82) is 0 Å². The number of ether oxygens (including phenoxy) is 1. The van der Waals surface area contributed by atoms with E-state index in [0.717, 1.165) is 16.6 Å². The van der Waals surface area contributed by atoms with Gasteiger partial charge in [0.2, 0.25) is 0 Å². The van der Waals surface area contributed by atoms with Crippen molar-refractivity contribution in [2.24, 2.45) is 0 Å². The Morgan fingerprint density at radius 2 is 2.12 bits per heavy atom. The Hall–Kier alpha value is -1.84. The molecular weight excluding hydrogens is 216 g/mol. The summed E-state index contributed by atoms with van der Waals surface area (Å²) in [7, 11) is 0. The first kappa shape index (κ1) is 11.6. The normalized spacial score (nSPS) is 11.8. The van der Waals surface area contributed by atoms with E-state index >= 15 is 0 Å². The van der Waals surface area contributed by atoms with Gasteiger partial charge in [0.25, 0.3) is 0 Å². The lowest BCUT2D eigenvalue weighted by Gasteiger charge is -2.19. The minimum atomic E-state index is -0.494. The van der Waals surface area contributed by atoms with Crippen molar-refractivity contribution in [3.05, 3.63) is 30.2 Å². The van der Waals surface area contributed by atoms with Crippen LogP contribution in [-0.2, 0) is 4.74 Å². The van der Waals surface area contributed by atoms with Crippen LogP contribution in [0.25, 0.3) is 10.9 Å². The minimum Gasteiger partial charge on any atom is -0.443 e. The van der Waals surface area contributed by atoms with Crippen LogP contribution in [0.15, 0.2) is 24.5 Å². The quantitative estimate of drug-likeness (QED) is 0.701. The van der Waals surface area contributed by atoms with Crippen LogP contribution in [0.3, 0.4) is 0 Å². The predicted molar refractivity (Wildman–Crippen MR) is 66.1 cm³/mol. The first-order valence-corrected chi connectivity index (χ1v) is 5.54. The molecule has 0 radical (unpaired) electrons. The van der Waals surface area contributed by atoms with Crippen molar-refractivity contribution < 1.29 is 9.53 Å². The molecule has 0 saturated heterocycles. The number of fused-ring (bicyclic) bond motifs is 1. The van der Waals surface area contributed by atoms with Crippen molar-refractivity contribution >= 4 is 17.0 Å². The fourth-order valence-electron chi connectivity index (χ4n) is 1.61. The number of carbonyl (C=O) groups is 1. The number of hydrogen-bond acceptors (Lipinski definition) is 3. The highest BCUT2D eigenvalue weighted by molar-refractivity contribution is 5.89. The molecule has 0 aromatic carbocycles. The van der Waals surface area contributed by atoms with Gasteiger partial charge in [0.05, 0.1) is 11.7 Å². The van der Waals surface area contributed by atoms with E-state index in [1.165, 1.54) is 4.57 Å². The molecule has 4 heteroatoms. The molecule has 0 saturated carbocycles. The molecule has 0 N–H and O–H groups in total. The SMILES string of the molecule is Cc1cc2ccn(C(=O)OC(C)(C)C)c2cn1. The smallest absolute Gasteiger partial charge is 0.419 e. The second-order valence-corrected chi connectivity index (χ2v) is 5.05. The van der Waals surface area contributed by atoms with Crippen LogP contribution >= 0.6 is 0 Å². The Labute approximate surface area is 100 Å². The van der Waals surface area contributed by atoms with E-state index in [-0.39, 0.29) is 6.09 Å². The Balaban J connectivity index is 2.40. The highest BCUT2D eigenvalue weighted by atomic mass is 16.6. The molecule has 2 rings (SSSR count). The van der Waals surface area contributed by atoms with Crippen LogP contribution in [0.4, 0.5) is 4.79 Å². The highest BCUT2D eigenvalue weighted by Gasteiger charge is 2.18. The average Bonchev–Trinajstić information content (AvgIpc) is 2.57. The van der Waals surface area contributed by atoms with Crippen molar-refractivity contribution in [3.8, 4) is 0 Å². The zero-order chi connectivity index (χ0) is 12.6. The summed E-state index contributed by atoms with van der Waals surface area (Å²) < 4.78 is 6.80. The molecule has 90 valence electrons. The molecule has 0 unspecified atom stereocenters. The number of aromatic nitrogens is 2. The second-order valence-electron chi connectivity index (χ2n) is 5.05. The van der Waals surface area contributed by atoms with Gasteiger partial charge in [-0.3, -0.25) is 9.55 Å². The lowest BCUT2D eigenvalue weighted by Crippen LogP contribution is -2.26. The lowest BCUT2D eigenvalue weighted by atomic mass is 10.2. The van der Waals surface area contributed by atoms with Gasteiger partial charge in [-0.05, 0) is 39.8 Å². The molecule has 0 spiro atoms. The Morgan fingerprint density at radius 3 is 2.76 bits per heavy atom. The van der Waals surface area contributed by atoms with Crippen LogP contribution < -0.4 is 0 Å². The summed E-state index contributed by atoms with van der Waals surface area (Å²) in [6.45, 7) is 7.46. The van der Waals surface area contributed by atoms with Crippen LogP contribution in [0.5, 0.6) is 0 Å². The molecule has 2 aromatic rings. The fraction of sp³-hybridized carbons (Fsp3) is 0.385. The van der Waals surface area contributed by atoms with Gasteiger partial charge in [-0.25, -0.2) is 4.79 Å². The monoisotopic (exact) mass is 232 g/mol. The number of pyridine rings is 1. The average molecular weight is 232 g/mol. The summed E-state index contributed by atoms with van der Waals surface area (Å²) in [5.74, 6) is 0. The van der Waals surface area contributed by atoms with E-state index < -0.39 is 5.60 Å². The standard InChI is InChI=1S/C13H16N2O2/c1-9-7-10-5-6-15(11(10)8-14-9)12(16)17-13(2,3)4/h5-8H,1-4H3. The van der Waals surface area contributed by atoms with Gasteiger partial charge < -0.3 is 4.74 Å². The van der Waals surface area contributed by atoms with E-state index in [9.17, 15) is 4.79 Å². The van der Waals surface area contributed by atoms with Gasteiger partial charge in [0.15, 0.2) is 0 Å². The van der Waals surface area contributed by atoms with Gasteiger partial charge in [-0.2, -0.15) is 0 Å². The lowest BCUT2D eigenvalue weighted by molar-refractivity contribution is 0.0544. The van der Waals surface area contributed by atoms with Crippen LogP contribution in [0.1, 0.15) is 26.5 Å². The Kier molecular flexibility index (Phi) is 2.65. The third-order valence-corrected chi connectivity index (χ3v) is 2.30. The van der Waals surface area contributed by atoms with E-state index in [0.29, 0.717) is 0 Å². The molecule has 0 aliphatic heterocycles. The first-order valence-electron chi connectivity index (χ1n) is 5.54. The summed E-state index contributed by atoms with van der Waals surface area (Å²) in [5, 5.41) is 0.989. The molecule has 0 amide bonds. The van der Waals surface area contributed by atoms with E-state index in [1.54, 1.807) is 12.4 Å². The largest absolute Gasteiger partial charge is 0.443 e. The Morgan fingerprint density at radius 1 is 1.41 bits per heavy atom. The van der Waals surface area contributed by atoms with Gasteiger partial charge in [-0.15, -0.1) is 0 Å². The molecular formula is C13H16N2O2. The third kappa shape index (κ3) is 2.46. The summed E-state index contributed by atoms with van der Waals surface area (Å²) in [4.78, 5) is 16.1. The number of carbonyl (C=O) groups excluding carboxylic acids is 1. The predicted octanol–water partition coefficient (Wildman–Crippen LogP) is 3.13. The van der Waals surface area contributed by atoms with Gasteiger partial charge >= 0.3 is 6.09 Å². The maximum absolute atomic E-state index is 11.9. The molecule has 4 nitrogen and oxygen atoms in total. The van der Waals surface area contributed by atoms with Crippen LogP contribution in [-0.4, -0.2) is 21.2 Å². The van der Waals surface area contributed by atoms with Crippen molar-refractivity contribution in [3.63, 3.8) is 0 Å².